The van der Waals surface area contributed by atoms with E-state index in [9.17, 15) is 14.4 Å². The van der Waals surface area contributed by atoms with Crippen LogP contribution in [0.15, 0.2) is 42.7 Å². The van der Waals surface area contributed by atoms with Gasteiger partial charge < -0.3 is 20.3 Å². The monoisotopic (exact) mass is 633 g/mol. The zero-order valence-electron chi connectivity index (χ0n) is 27.1. The normalized spacial score (nSPS) is 22.9. The van der Waals surface area contributed by atoms with Gasteiger partial charge in [0.1, 0.15) is 6.04 Å². The Bertz CT molecular complexity index is 1700. The number of likely N-dealkylation sites (tertiary alicyclic amines) is 1. The molecule has 1 aromatic heterocycles. The van der Waals surface area contributed by atoms with E-state index in [-0.39, 0.29) is 41.4 Å². The third-order valence-electron chi connectivity index (χ3n) is 10.3. The summed E-state index contributed by atoms with van der Waals surface area (Å²) in [6.45, 7) is 13.0. The maximum atomic E-state index is 15.8. The van der Waals surface area contributed by atoms with Crippen molar-refractivity contribution >= 4 is 17.8 Å². The molecule has 3 heterocycles. The maximum absolute atomic E-state index is 15.8. The van der Waals surface area contributed by atoms with Crippen LogP contribution < -0.4 is 10.6 Å². The number of hydrogen-bond donors (Lipinski definition) is 2. The van der Waals surface area contributed by atoms with Gasteiger partial charge in [0.15, 0.2) is 11.6 Å². The second-order valence-corrected chi connectivity index (χ2v) is 13.8. The quantitative estimate of drug-likeness (QED) is 0.332. The molecule has 3 aliphatic rings. The summed E-state index contributed by atoms with van der Waals surface area (Å²) in [5.74, 6) is -3.84. The molecule has 2 aromatic carbocycles. The van der Waals surface area contributed by atoms with Gasteiger partial charge in [-0.2, -0.15) is 5.10 Å². The fourth-order valence-corrected chi connectivity index (χ4v) is 7.53. The van der Waals surface area contributed by atoms with Crippen LogP contribution in [-0.4, -0.2) is 64.7 Å². The van der Waals surface area contributed by atoms with Gasteiger partial charge in [-0.25, -0.2) is 8.78 Å². The van der Waals surface area contributed by atoms with Crippen LogP contribution in [0.25, 0.3) is 11.1 Å². The lowest BCUT2D eigenvalue weighted by Gasteiger charge is -2.36. The molecule has 3 aromatic rings. The van der Waals surface area contributed by atoms with Crippen molar-refractivity contribution in [2.24, 2.45) is 17.3 Å². The van der Waals surface area contributed by atoms with E-state index in [1.54, 1.807) is 22.7 Å². The second-order valence-electron chi connectivity index (χ2n) is 13.8. The first-order chi connectivity index (χ1) is 21.8. The molecule has 9 nitrogen and oxygen atoms in total. The highest BCUT2D eigenvalue weighted by Gasteiger charge is 2.69. The molecule has 2 aliphatic heterocycles. The molecular formula is C35H41F2N5O4. The minimum atomic E-state index is -1.70. The van der Waals surface area contributed by atoms with Crippen molar-refractivity contribution in [3.05, 3.63) is 76.6 Å². The highest BCUT2D eigenvalue weighted by Crippen LogP contribution is 2.65. The Labute approximate surface area is 267 Å². The number of nitrogens with zero attached hydrogens (tertiary/aromatic N) is 3. The van der Waals surface area contributed by atoms with Gasteiger partial charge in [-0.05, 0) is 79.3 Å². The smallest absolute Gasteiger partial charge is 0.308 e. The maximum Gasteiger partial charge on any atom is 0.308 e. The Kier molecular flexibility index (Phi) is 8.03. The highest BCUT2D eigenvalue weighted by atomic mass is 19.2. The Hall–Kier alpha value is -4.12. The van der Waals surface area contributed by atoms with Gasteiger partial charge >= 0.3 is 5.97 Å². The molecule has 0 radical (unpaired) electrons. The zero-order valence-corrected chi connectivity index (χ0v) is 27.1. The lowest BCUT2D eigenvalue weighted by Crippen LogP contribution is -2.55. The van der Waals surface area contributed by atoms with Crippen molar-refractivity contribution in [1.29, 1.82) is 0 Å². The number of nitrogens with one attached hydrogen (secondary N) is 2. The molecule has 2 saturated heterocycles. The SMILES string of the molecule is CCOC(=O)CC(C)(NC(=O)[C@@H]1[C@@H]2[C@H](CN1C(=O)c1cnn(C3CNC3)c1)C2(C)C)c1cc(-c2c(C)cccc2C)cc(F)c1F. The molecule has 0 bridgehead atoms. The number of esters is 1. The van der Waals surface area contributed by atoms with Crippen LogP contribution in [0.3, 0.4) is 0 Å². The number of halogens is 2. The number of aromatic nitrogens is 2. The summed E-state index contributed by atoms with van der Waals surface area (Å²) < 4.78 is 38.2. The largest absolute Gasteiger partial charge is 0.466 e. The van der Waals surface area contributed by atoms with Crippen molar-refractivity contribution in [3.63, 3.8) is 0 Å². The van der Waals surface area contributed by atoms with Crippen LogP contribution in [0.4, 0.5) is 8.78 Å². The fourth-order valence-electron chi connectivity index (χ4n) is 7.53. The van der Waals surface area contributed by atoms with Crippen LogP contribution in [0.5, 0.6) is 0 Å². The van der Waals surface area contributed by atoms with Crippen LogP contribution in [0, 0.1) is 42.7 Å². The van der Waals surface area contributed by atoms with Crippen LogP contribution in [-0.2, 0) is 19.9 Å². The number of aryl methyl sites for hydroxylation is 2. The Balaban J connectivity index is 1.37. The average Bonchev–Trinajstić information content (AvgIpc) is 3.35. The van der Waals surface area contributed by atoms with Gasteiger partial charge in [0, 0.05) is 31.4 Å². The summed E-state index contributed by atoms with van der Waals surface area (Å²) >= 11 is 0. The van der Waals surface area contributed by atoms with Crippen LogP contribution >= 0.6 is 0 Å². The molecule has 244 valence electrons. The van der Waals surface area contributed by atoms with E-state index >= 15 is 8.78 Å². The molecule has 1 unspecified atom stereocenters. The number of rotatable bonds is 9. The summed E-state index contributed by atoms with van der Waals surface area (Å²) in [5, 5.41) is 10.5. The lowest BCUT2D eigenvalue weighted by molar-refractivity contribution is -0.145. The molecule has 3 fully saturated rings. The molecule has 6 rings (SSSR count). The molecule has 1 aliphatic carbocycles. The minimum Gasteiger partial charge on any atom is -0.466 e. The van der Waals surface area contributed by atoms with Crippen molar-refractivity contribution in [1.82, 2.24) is 25.3 Å². The summed E-state index contributed by atoms with van der Waals surface area (Å²) in [7, 11) is 0. The minimum absolute atomic E-state index is 0.0790. The summed E-state index contributed by atoms with van der Waals surface area (Å²) in [6.07, 6.45) is 2.78. The number of fused-ring (bicyclic) bond motifs is 1. The molecule has 1 saturated carbocycles. The first-order valence-electron chi connectivity index (χ1n) is 15.9. The predicted molar refractivity (Wildman–Crippen MR) is 168 cm³/mol. The second kappa shape index (κ2) is 11.6. The fraction of sp³-hybridized carbons (Fsp3) is 0.486. The first kappa shape index (κ1) is 31.8. The number of hydrogen-bond acceptors (Lipinski definition) is 6. The van der Waals surface area contributed by atoms with Crippen molar-refractivity contribution < 1.29 is 27.9 Å². The predicted octanol–water partition coefficient (Wildman–Crippen LogP) is 4.67. The number of piperidine rings is 1. The van der Waals surface area contributed by atoms with Crippen molar-refractivity contribution in [2.45, 2.75) is 65.6 Å². The van der Waals surface area contributed by atoms with E-state index in [2.05, 4.69) is 29.6 Å². The van der Waals surface area contributed by atoms with Crippen LogP contribution in [0.1, 0.15) is 67.2 Å². The van der Waals surface area contributed by atoms with Gasteiger partial charge in [0.2, 0.25) is 5.91 Å². The summed E-state index contributed by atoms with van der Waals surface area (Å²) in [6, 6.07) is 7.58. The molecule has 46 heavy (non-hydrogen) atoms. The topological polar surface area (TPSA) is 106 Å². The van der Waals surface area contributed by atoms with Gasteiger partial charge in [-0.3, -0.25) is 19.1 Å². The number of benzene rings is 2. The van der Waals surface area contributed by atoms with Gasteiger partial charge in [-0.1, -0.05) is 32.0 Å². The van der Waals surface area contributed by atoms with Gasteiger partial charge in [-0.15, -0.1) is 0 Å². The molecule has 11 heteroatoms. The summed E-state index contributed by atoms with van der Waals surface area (Å²) in [4.78, 5) is 42.7. The van der Waals surface area contributed by atoms with Gasteiger partial charge in [0.25, 0.3) is 5.91 Å². The van der Waals surface area contributed by atoms with Crippen LogP contribution in [0.2, 0.25) is 0 Å². The average molecular weight is 634 g/mol. The number of carbonyl (C=O) groups is 3. The Morgan fingerprint density at radius 2 is 1.85 bits per heavy atom. The lowest BCUT2D eigenvalue weighted by atomic mass is 9.84. The first-order valence-corrected chi connectivity index (χ1v) is 15.9. The number of amides is 2. The third kappa shape index (κ3) is 5.38. The number of ether oxygens (including phenoxy) is 1. The van der Waals surface area contributed by atoms with E-state index in [0.29, 0.717) is 17.7 Å². The molecule has 0 spiro atoms. The Morgan fingerprint density at radius 1 is 1.15 bits per heavy atom. The zero-order chi connectivity index (χ0) is 33.1. The Morgan fingerprint density at radius 3 is 2.48 bits per heavy atom. The summed E-state index contributed by atoms with van der Waals surface area (Å²) in [5.41, 5.74) is 1.21. The standard InChI is InChI=1S/C35H41F2N5O4/c1-7-46-27(43)13-35(6,24-11-21(12-26(36)30(24)37)28-19(2)9-8-10-20(28)3)40-32(44)31-29-25(34(29,4)5)18-41(31)33(45)22-14-39-42(17-22)23-15-38-16-23/h8-12,14,17,23,25,29,31,38H,7,13,15-16,18H2,1-6H3,(H,40,44)/t25-,29-,31-,35?/m0/s1. The molecule has 4 atom stereocenters. The van der Waals surface area contributed by atoms with E-state index in [4.69, 9.17) is 4.74 Å². The third-order valence-corrected chi connectivity index (χ3v) is 10.3. The van der Waals surface area contributed by atoms with E-state index in [1.807, 2.05) is 32.0 Å². The number of carbonyl (C=O) groups excluding carboxylic acids is 3. The molecule has 2 amide bonds. The van der Waals surface area contributed by atoms with E-state index in [1.165, 1.54) is 19.2 Å². The van der Waals surface area contributed by atoms with Crippen molar-refractivity contribution in [2.75, 3.05) is 26.2 Å². The van der Waals surface area contributed by atoms with Gasteiger partial charge in [0.05, 0.1) is 36.4 Å². The van der Waals surface area contributed by atoms with Crippen molar-refractivity contribution in [3.8, 4) is 11.1 Å². The van der Waals surface area contributed by atoms with E-state index < -0.39 is 41.5 Å². The van der Waals surface area contributed by atoms with E-state index in [0.717, 1.165) is 35.8 Å². The molecule has 2 N–H and O–H groups in total. The highest BCUT2D eigenvalue weighted by molar-refractivity contribution is 5.98. The molecular weight excluding hydrogens is 592 g/mol.